The van der Waals surface area contributed by atoms with Gasteiger partial charge in [-0.3, -0.25) is 0 Å². The predicted octanol–water partition coefficient (Wildman–Crippen LogP) is 3.83. The Morgan fingerprint density at radius 3 is 2.42 bits per heavy atom. The quantitative estimate of drug-likeness (QED) is 0.489. The molecule has 1 unspecified atom stereocenters. The highest BCUT2D eigenvalue weighted by molar-refractivity contribution is 7.99. The first-order chi connectivity index (χ1) is 15.0. The summed E-state index contributed by atoms with van der Waals surface area (Å²) in [5.74, 6) is 0.569. The van der Waals surface area contributed by atoms with Gasteiger partial charge in [-0.15, -0.1) is 15.3 Å². The van der Waals surface area contributed by atoms with Gasteiger partial charge in [0.15, 0.2) is 5.82 Å². The molecule has 1 aliphatic heterocycles. The minimum absolute atomic E-state index is 0.157. The van der Waals surface area contributed by atoms with Gasteiger partial charge in [0.25, 0.3) is 0 Å². The number of benzene rings is 2. The van der Waals surface area contributed by atoms with E-state index in [1.807, 2.05) is 31.2 Å². The number of hydrogen-bond donors (Lipinski definition) is 0. The zero-order valence-electron chi connectivity index (χ0n) is 17.3. The second kappa shape index (κ2) is 7.66. The summed E-state index contributed by atoms with van der Waals surface area (Å²) in [6, 6.07) is 16.2. The van der Waals surface area contributed by atoms with Crippen LogP contribution in [-0.2, 0) is 0 Å². The van der Waals surface area contributed by atoms with Crippen LogP contribution in [0.15, 0.2) is 68.0 Å². The van der Waals surface area contributed by atoms with Crippen LogP contribution in [0, 0.1) is 20.8 Å². The van der Waals surface area contributed by atoms with Crippen molar-refractivity contribution in [2.45, 2.75) is 37.6 Å². The predicted molar refractivity (Wildman–Crippen MR) is 118 cm³/mol. The maximum Gasteiger partial charge on any atom is 0.441 e. The Morgan fingerprint density at radius 2 is 1.74 bits per heavy atom. The molecule has 0 saturated carbocycles. The molecule has 0 fully saturated rings. The number of aromatic nitrogens is 5. The molecule has 0 saturated heterocycles. The van der Waals surface area contributed by atoms with E-state index in [2.05, 4.69) is 46.5 Å². The monoisotopic (exact) mass is 432 g/mol. The van der Waals surface area contributed by atoms with Gasteiger partial charge in [-0.2, -0.15) is 14.5 Å². The van der Waals surface area contributed by atoms with E-state index in [4.69, 9.17) is 9.52 Å². The molecule has 4 aromatic rings. The molecule has 1 atom stereocenters. The standard InChI is InChI=1S/C22H20N6O2S/c1-13-4-6-17(7-5-13)20-12-19(26-27-14(2)23-24-21(27)31-20)16-8-10-18(11-9-16)28-22(29)30-15(3)25-28/h4-11,20H,12H2,1-3H3. The molecule has 0 amide bonds. The molecule has 31 heavy (non-hydrogen) atoms. The third-order valence-electron chi connectivity index (χ3n) is 5.16. The third kappa shape index (κ3) is 3.72. The van der Waals surface area contributed by atoms with Gasteiger partial charge in [0, 0.05) is 18.6 Å². The minimum atomic E-state index is -0.502. The van der Waals surface area contributed by atoms with Gasteiger partial charge in [-0.05, 0) is 37.1 Å². The fourth-order valence-corrected chi connectivity index (χ4v) is 4.65. The van der Waals surface area contributed by atoms with Crippen LogP contribution in [-0.4, -0.2) is 30.4 Å². The number of hydrogen-bond acceptors (Lipinski definition) is 7. The van der Waals surface area contributed by atoms with E-state index in [0.29, 0.717) is 11.6 Å². The largest absolute Gasteiger partial charge is 0.441 e. The summed E-state index contributed by atoms with van der Waals surface area (Å²) in [5.41, 5.74) is 4.99. The number of fused-ring (bicyclic) bond motifs is 1. The lowest BCUT2D eigenvalue weighted by molar-refractivity contribution is 0.477. The van der Waals surface area contributed by atoms with Crippen LogP contribution in [0.1, 0.15) is 40.1 Å². The van der Waals surface area contributed by atoms with Gasteiger partial charge in [0.05, 0.1) is 11.4 Å². The van der Waals surface area contributed by atoms with Gasteiger partial charge < -0.3 is 4.42 Å². The molecule has 5 rings (SSSR count). The molecule has 3 heterocycles. The van der Waals surface area contributed by atoms with Gasteiger partial charge in [0.1, 0.15) is 0 Å². The molecule has 2 aromatic carbocycles. The second-order valence-corrected chi connectivity index (χ2v) is 8.63. The Hall–Kier alpha value is -3.46. The van der Waals surface area contributed by atoms with Crippen molar-refractivity contribution in [3.8, 4) is 5.69 Å². The first kappa shape index (κ1) is 19.5. The van der Waals surface area contributed by atoms with E-state index in [1.54, 1.807) is 23.4 Å². The van der Waals surface area contributed by atoms with Crippen molar-refractivity contribution in [1.82, 2.24) is 24.7 Å². The Labute approximate surface area is 182 Å². The molecule has 0 bridgehead atoms. The fourth-order valence-electron chi connectivity index (χ4n) is 3.51. The highest BCUT2D eigenvalue weighted by Crippen LogP contribution is 2.40. The first-order valence-electron chi connectivity index (χ1n) is 9.88. The maximum absolute atomic E-state index is 11.9. The van der Waals surface area contributed by atoms with Crippen LogP contribution < -0.4 is 5.76 Å². The van der Waals surface area contributed by atoms with E-state index in [-0.39, 0.29) is 5.25 Å². The van der Waals surface area contributed by atoms with Crippen LogP contribution in [0.25, 0.3) is 5.69 Å². The summed E-state index contributed by atoms with van der Waals surface area (Å²) in [7, 11) is 0. The summed E-state index contributed by atoms with van der Waals surface area (Å²) in [4.78, 5) is 11.9. The summed E-state index contributed by atoms with van der Waals surface area (Å²) in [6.07, 6.45) is 0.735. The van der Waals surface area contributed by atoms with Gasteiger partial charge >= 0.3 is 5.76 Å². The molecule has 0 radical (unpaired) electrons. The molecule has 8 nitrogen and oxygen atoms in total. The van der Waals surface area contributed by atoms with Crippen molar-refractivity contribution in [3.05, 3.63) is 87.5 Å². The second-order valence-electron chi connectivity index (χ2n) is 7.46. The third-order valence-corrected chi connectivity index (χ3v) is 6.35. The molecule has 0 spiro atoms. The lowest BCUT2D eigenvalue weighted by Crippen LogP contribution is -2.14. The number of nitrogens with zero attached hydrogens (tertiary/aromatic N) is 6. The molecule has 1 aliphatic rings. The van der Waals surface area contributed by atoms with Gasteiger partial charge in [-0.25, -0.2) is 4.79 Å². The molecule has 9 heteroatoms. The summed E-state index contributed by atoms with van der Waals surface area (Å²) in [6.45, 7) is 5.63. The Kier molecular flexibility index (Phi) is 4.82. The molecule has 0 aliphatic carbocycles. The summed E-state index contributed by atoms with van der Waals surface area (Å²) in [5, 5.41) is 18.4. The molecule has 0 N–H and O–H groups in total. The van der Waals surface area contributed by atoms with Crippen LogP contribution in [0.5, 0.6) is 0 Å². The summed E-state index contributed by atoms with van der Waals surface area (Å²) < 4.78 is 8.05. The topological polar surface area (TPSA) is 91.1 Å². The van der Waals surface area contributed by atoms with Crippen molar-refractivity contribution in [1.29, 1.82) is 0 Å². The summed E-state index contributed by atoms with van der Waals surface area (Å²) >= 11 is 1.67. The molecular weight excluding hydrogens is 412 g/mol. The number of thioether (sulfide) groups is 1. The normalized spacial score (nSPS) is 16.0. The fraction of sp³-hybridized carbons (Fsp3) is 0.227. The molecular formula is C22H20N6O2S. The average molecular weight is 433 g/mol. The number of aryl methyl sites for hydroxylation is 3. The zero-order valence-corrected chi connectivity index (χ0v) is 18.1. The van der Waals surface area contributed by atoms with Crippen LogP contribution in [0.4, 0.5) is 0 Å². The van der Waals surface area contributed by atoms with E-state index in [9.17, 15) is 4.79 Å². The molecule has 2 aromatic heterocycles. The lowest BCUT2D eigenvalue weighted by Gasteiger charge is -2.15. The van der Waals surface area contributed by atoms with E-state index < -0.39 is 5.76 Å². The Bertz CT molecular complexity index is 1330. The maximum atomic E-state index is 11.9. The lowest BCUT2D eigenvalue weighted by atomic mass is 10.0. The van der Waals surface area contributed by atoms with Crippen molar-refractivity contribution < 1.29 is 4.42 Å². The smallest absolute Gasteiger partial charge is 0.392 e. The van der Waals surface area contributed by atoms with Crippen molar-refractivity contribution in [3.63, 3.8) is 0 Å². The van der Waals surface area contributed by atoms with Crippen LogP contribution >= 0.6 is 11.8 Å². The van der Waals surface area contributed by atoms with Crippen molar-refractivity contribution >= 4 is 17.5 Å². The van der Waals surface area contributed by atoms with Crippen molar-refractivity contribution in [2.75, 3.05) is 0 Å². The Balaban J connectivity index is 1.54. The highest BCUT2D eigenvalue weighted by Gasteiger charge is 2.25. The van der Waals surface area contributed by atoms with Crippen molar-refractivity contribution in [2.24, 2.45) is 5.10 Å². The van der Waals surface area contributed by atoms with E-state index in [1.165, 1.54) is 15.8 Å². The SMILES string of the molecule is Cc1ccc(C2CC(c3ccc(-n4nc(C)oc4=O)cc3)=Nn3c(C)nnc3S2)cc1. The van der Waals surface area contributed by atoms with Crippen LogP contribution in [0.2, 0.25) is 0 Å². The average Bonchev–Trinajstić information content (AvgIpc) is 3.21. The first-order valence-corrected chi connectivity index (χ1v) is 10.8. The molecule has 156 valence electrons. The zero-order chi connectivity index (χ0) is 21.5. The Morgan fingerprint density at radius 1 is 1.00 bits per heavy atom. The van der Waals surface area contributed by atoms with E-state index >= 15 is 0 Å². The highest BCUT2D eigenvalue weighted by atomic mass is 32.2. The van der Waals surface area contributed by atoms with Gasteiger partial charge in [0.2, 0.25) is 11.0 Å². The van der Waals surface area contributed by atoms with E-state index in [0.717, 1.165) is 28.7 Å². The number of rotatable bonds is 3. The van der Waals surface area contributed by atoms with Gasteiger partial charge in [-0.1, -0.05) is 53.7 Å². The van der Waals surface area contributed by atoms with Crippen LogP contribution in [0.3, 0.4) is 0 Å². The minimum Gasteiger partial charge on any atom is -0.392 e.